The van der Waals surface area contributed by atoms with Crippen LogP contribution in [0.4, 0.5) is 0 Å². The van der Waals surface area contributed by atoms with Crippen molar-refractivity contribution in [2.75, 3.05) is 6.61 Å². The highest BCUT2D eigenvalue weighted by Gasteiger charge is 2.35. The van der Waals surface area contributed by atoms with Crippen LogP contribution in [0.5, 0.6) is 0 Å². The van der Waals surface area contributed by atoms with Crippen LogP contribution in [0.1, 0.15) is 59.3 Å². The van der Waals surface area contributed by atoms with Crippen LogP contribution in [-0.2, 0) is 9.53 Å². The molecule has 20 heavy (non-hydrogen) atoms. The molecular weight excluding hydrogens is 272 g/mol. The van der Waals surface area contributed by atoms with E-state index in [-0.39, 0.29) is 23.5 Å². The van der Waals surface area contributed by atoms with Crippen LogP contribution in [0.3, 0.4) is 0 Å². The third-order valence-corrected chi connectivity index (χ3v) is 4.65. The van der Waals surface area contributed by atoms with E-state index in [0.717, 1.165) is 38.5 Å². The summed E-state index contributed by atoms with van der Waals surface area (Å²) in [6.45, 7) is 7.02. The quantitative estimate of drug-likeness (QED) is 0.709. The van der Waals surface area contributed by atoms with Gasteiger partial charge in [0, 0.05) is 12.6 Å². The second-order valence-corrected chi connectivity index (χ2v) is 6.15. The molecule has 2 unspecified atom stereocenters. The molecule has 116 valence electrons. The summed E-state index contributed by atoms with van der Waals surface area (Å²) < 4.78 is 5.93. The fourth-order valence-corrected chi connectivity index (χ4v) is 3.11. The van der Waals surface area contributed by atoms with Gasteiger partial charge in [0.15, 0.2) is 0 Å². The molecule has 1 aliphatic heterocycles. The molecule has 4 nitrogen and oxygen atoms in total. The molecule has 1 fully saturated rings. The van der Waals surface area contributed by atoms with Crippen molar-refractivity contribution in [3.8, 4) is 0 Å². The van der Waals surface area contributed by atoms with Crippen molar-refractivity contribution in [3.63, 3.8) is 0 Å². The maximum absolute atomic E-state index is 12.3. The van der Waals surface area contributed by atoms with Gasteiger partial charge in [0.2, 0.25) is 5.91 Å². The zero-order valence-corrected chi connectivity index (χ0v) is 13.7. The van der Waals surface area contributed by atoms with Crippen LogP contribution in [0.2, 0.25) is 0 Å². The maximum Gasteiger partial charge on any atom is 0.230 e. The van der Waals surface area contributed by atoms with Crippen molar-refractivity contribution in [2.24, 2.45) is 11.7 Å². The molecule has 1 rings (SSSR count). The summed E-state index contributed by atoms with van der Waals surface area (Å²) in [7, 11) is 0. The molecule has 0 aromatic rings. The van der Waals surface area contributed by atoms with Crippen molar-refractivity contribution in [1.29, 1.82) is 0 Å². The van der Waals surface area contributed by atoms with E-state index < -0.39 is 0 Å². The highest BCUT2D eigenvalue weighted by molar-refractivity contribution is 7.80. The third-order valence-electron chi connectivity index (χ3n) is 4.37. The molecule has 0 radical (unpaired) electrons. The minimum atomic E-state index is -0.338. The summed E-state index contributed by atoms with van der Waals surface area (Å²) in [5.74, 6) is -0.358. The van der Waals surface area contributed by atoms with E-state index in [1.54, 1.807) is 0 Å². The van der Waals surface area contributed by atoms with E-state index in [1.807, 2.05) is 6.92 Å². The minimum absolute atomic E-state index is 0.0210. The van der Waals surface area contributed by atoms with Gasteiger partial charge in [-0.15, -0.1) is 0 Å². The Kier molecular flexibility index (Phi) is 6.89. The number of carbonyl (C=O) groups is 1. The summed E-state index contributed by atoms with van der Waals surface area (Å²) in [5.41, 5.74) is 5.60. The van der Waals surface area contributed by atoms with Crippen LogP contribution in [0.25, 0.3) is 0 Å². The van der Waals surface area contributed by atoms with Crippen molar-refractivity contribution < 1.29 is 9.53 Å². The van der Waals surface area contributed by atoms with E-state index in [0.29, 0.717) is 11.6 Å². The number of nitrogens with two attached hydrogens (primary N) is 1. The van der Waals surface area contributed by atoms with Crippen molar-refractivity contribution in [3.05, 3.63) is 0 Å². The Labute approximate surface area is 127 Å². The lowest BCUT2D eigenvalue weighted by atomic mass is 9.85. The number of thiocarbonyl (C=S) groups is 1. The number of ether oxygens (including phenoxy) is 1. The molecule has 1 saturated heterocycles. The lowest BCUT2D eigenvalue weighted by molar-refractivity contribution is -0.128. The third kappa shape index (κ3) is 4.42. The van der Waals surface area contributed by atoms with Crippen LogP contribution < -0.4 is 11.1 Å². The first-order chi connectivity index (χ1) is 9.48. The molecule has 1 heterocycles. The smallest absolute Gasteiger partial charge is 0.230 e. The zero-order chi connectivity index (χ0) is 15.2. The van der Waals surface area contributed by atoms with Gasteiger partial charge >= 0.3 is 0 Å². The standard InChI is InChI=1S/C15H28N2O2S/c1-4-7-12(13(16)20)14(18)17-11-8-9-19-15(5-2,6-3)10-11/h11-12H,4-10H2,1-3H3,(H2,16,20)(H,17,18). The monoisotopic (exact) mass is 300 g/mol. The lowest BCUT2D eigenvalue weighted by Crippen LogP contribution is -2.50. The largest absolute Gasteiger partial charge is 0.393 e. The van der Waals surface area contributed by atoms with Gasteiger partial charge in [-0.3, -0.25) is 4.79 Å². The van der Waals surface area contributed by atoms with Crippen molar-refractivity contribution >= 4 is 23.1 Å². The van der Waals surface area contributed by atoms with Crippen molar-refractivity contribution in [1.82, 2.24) is 5.32 Å². The predicted octanol–water partition coefficient (Wildman–Crippen LogP) is 2.54. The second kappa shape index (κ2) is 7.93. The van der Waals surface area contributed by atoms with Gasteiger partial charge in [0.25, 0.3) is 0 Å². The van der Waals surface area contributed by atoms with Crippen LogP contribution in [0.15, 0.2) is 0 Å². The fraction of sp³-hybridized carbons (Fsp3) is 0.867. The number of amides is 1. The summed E-state index contributed by atoms with van der Waals surface area (Å²) >= 11 is 5.01. The SMILES string of the molecule is CCCC(C(=O)NC1CCOC(CC)(CC)C1)C(N)=S. The molecule has 1 aliphatic rings. The van der Waals surface area contributed by atoms with Gasteiger partial charge in [0.1, 0.15) is 0 Å². The Morgan fingerprint density at radius 2 is 2.10 bits per heavy atom. The first-order valence-corrected chi connectivity index (χ1v) is 8.12. The minimum Gasteiger partial charge on any atom is -0.393 e. The number of nitrogens with one attached hydrogen (secondary N) is 1. The fourth-order valence-electron chi connectivity index (χ4n) is 2.89. The summed E-state index contributed by atoms with van der Waals surface area (Å²) in [6, 6.07) is 0.171. The highest BCUT2D eigenvalue weighted by atomic mass is 32.1. The number of carbonyl (C=O) groups excluding carboxylic acids is 1. The topological polar surface area (TPSA) is 64.3 Å². The Morgan fingerprint density at radius 3 is 2.60 bits per heavy atom. The molecule has 0 aromatic heterocycles. The molecule has 0 aromatic carbocycles. The first-order valence-electron chi connectivity index (χ1n) is 7.71. The molecule has 5 heteroatoms. The van der Waals surface area contributed by atoms with Gasteiger partial charge in [0.05, 0.1) is 16.5 Å². The molecule has 0 aliphatic carbocycles. The molecular formula is C15H28N2O2S. The molecule has 0 bridgehead atoms. The Hall–Kier alpha value is -0.680. The summed E-state index contributed by atoms with van der Waals surface area (Å²) in [5, 5.41) is 3.12. The van der Waals surface area contributed by atoms with E-state index in [2.05, 4.69) is 19.2 Å². The number of hydrogen-bond donors (Lipinski definition) is 2. The van der Waals surface area contributed by atoms with E-state index in [9.17, 15) is 4.79 Å². The average Bonchev–Trinajstić information content (AvgIpc) is 2.44. The van der Waals surface area contributed by atoms with Crippen LogP contribution in [0, 0.1) is 5.92 Å². The van der Waals surface area contributed by atoms with Gasteiger partial charge in [-0.1, -0.05) is 39.4 Å². The Morgan fingerprint density at radius 1 is 1.45 bits per heavy atom. The predicted molar refractivity (Wildman–Crippen MR) is 85.6 cm³/mol. The Balaban J connectivity index is 2.62. The van der Waals surface area contributed by atoms with Crippen molar-refractivity contribution in [2.45, 2.75) is 70.9 Å². The second-order valence-electron chi connectivity index (χ2n) is 5.68. The Bertz CT molecular complexity index is 343. The number of rotatable bonds is 7. The summed E-state index contributed by atoms with van der Waals surface area (Å²) in [4.78, 5) is 12.6. The molecule has 0 spiro atoms. The van der Waals surface area contributed by atoms with E-state index >= 15 is 0 Å². The lowest BCUT2D eigenvalue weighted by Gasteiger charge is -2.40. The van der Waals surface area contributed by atoms with Gasteiger partial charge in [-0.25, -0.2) is 0 Å². The van der Waals surface area contributed by atoms with Gasteiger partial charge in [-0.05, 0) is 32.1 Å². The summed E-state index contributed by atoms with van der Waals surface area (Å²) in [6.07, 6.45) is 5.31. The van der Waals surface area contributed by atoms with Crippen LogP contribution >= 0.6 is 12.2 Å². The highest BCUT2D eigenvalue weighted by Crippen LogP contribution is 2.31. The maximum atomic E-state index is 12.3. The van der Waals surface area contributed by atoms with Gasteiger partial charge in [-0.2, -0.15) is 0 Å². The molecule has 0 saturated carbocycles. The van der Waals surface area contributed by atoms with E-state index in [4.69, 9.17) is 22.7 Å². The van der Waals surface area contributed by atoms with Gasteiger partial charge < -0.3 is 15.8 Å². The van der Waals surface area contributed by atoms with Crippen LogP contribution in [-0.4, -0.2) is 29.1 Å². The first kappa shape index (κ1) is 17.4. The average molecular weight is 300 g/mol. The molecule has 1 amide bonds. The molecule has 2 atom stereocenters. The van der Waals surface area contributed by atoms with E-state index in [1.165, 1.54) is 0 Å². The molecule has 3 N–H and O–H groups in total. The normalized spacial score (nSPS) is 23.1. The zero-order valence-electron chi connectivity index (χ0n) is 12.9. The number of hydrogen-bond acceptors (Lipinski definition) is 3.